The third kappa shape index (κ3) is 3.93. The van der Waals surface area contributed by atoms with Crippen molar-refractivity contribution in [3.63, 3.8) is 0 Å². The molecule has 1 amide bonds. The van der Waals surface area contributed by atoms with Crippen LogP contribution >= 0.6 is 15.9 Å². The highest BCUT2D eigenvalue weighted by molar-refractivity contribution is 9.10. The van der Waals surface area contributed by atoms with E-state index >= 15 is 0 Å². The molecule has 5 heteroatoms. The van der Waals surface area contributed by atoms with E-state index < -0.39 is 5.91 Å². The van der Waals surface area contributed by atoms with Gasteiger partial charge in [-0.2, -0.15) is 5.26 Å². The van der Waals surface area contributed by atoms with Gasteiger partial charge in [-0.1, -0.05) is 30.3 Å². The number of halogens is 1. The molecular formula is C21H15BrN2O2. The van der Waals surface area contributed by atoms with Crippen LogP contribution in [0.15, 0.2) is 70.7 Å². The summed E-state index contributed by atoms with van der Waals surface area (Å²) in [7, 11) is 1.63. The van der Waals surface area contributed by atoms with Crippen LogP contribution in [0.5, 0.6) is 5.75 Å². The van der Waals surface area contributed by atoms with E-state index in [-0.39, 0.29) is 5.57 Å². The fourth-order valence-electron chi connectivity index (χ4n) is 2.53. The Morgan fingerprint density at radius 1 is 1.12 bits per heavy atom. The van der Waals surface area contributed by atoms with Crippen LogP contribution in [-0.4, -0.2) is 13.0 Å². The maximum atomic E-state index is 12.4. The van der Waals surface area contributed by atoms with Crippen molar-refractivity contribution in [1.29, 1.82) is 5.26 Å². The number of nitriles is 1. The number of ether oxygens (including phenoxy) is 1. The summed E-state index contributed by atoms with van der Waals surface area (Å²) in [5.41, 5.74) is 1.43. The van der Waals surface area contributed by atoms with E-state index in [1.54, 1.807) is 19.3 Å². The number of carbonyl (C=O) groups excluding carboxylic acids is 1. The van der Waals surface area contributed by atoms with Gasteiger partial charge in [0, 0.05) is 4.47 Å². The molecule has 0 bridgehead atoms. The van der Waals surface area contributed by atoms with Crippen LogP contribution < -0.4 is 10.1 Å². The van der Waals surface area contributed by atoms with Gasteiger partial charge in [0.2, 0.25) is 0 Å². The molecule has 3 aromatic carbocycles. The van der Waals surface area contributed by atoms with E-state index in [4.69, 9.17) is 4.74 Å². The third-order valence-corrected chi connectivity index (χ3v) is 4.56. The molecule has 0 spiro atoms. The first-order valence-corrected chi connectivity index (χ1v) is 8.65. The summed E-state index contributed by atoms with van der Waals surface area (Å²) in [6, 6.07) is 20.7. The Balaban J connectivity index is 1.88. The number of para-hydroxylation sites is 1. The fraction of sp³-hybridized carbons (Fsp3) is 0.0476. The number of rotatable bonds is 4. The highest BCUT2D eigenvalue weighted by Crippen LogP contribution is 2.24. The number of anilines is 1. The Kier molecular flexibility index (Phi) is 5.35. The maximum absolute atomic E-state index is 12.4. The van der Waals surface area contributed by atoms with E-state index in [1.807, 2.05) is 60.7 Å². The van der Waals surface area contributed by atoms with E-state index in [2.05, 4.69) is 21.2 Å². The predicted octanol–water partition coefficient (Wildman–Crippen LogP) is 5.16. The summed E-state index contributed by atoms with van der Waals surface area (Å²) in [4.78, 5) is 12.4. The first kappa shape index (κ1) is 17.7. The zero-order valence-electron chi connectivity index (χ0n) is 14.0. The van der Waals surface area contributed by atoms with E-state index in [9.17, 15) is 10.1 Å². The molecule has 0 saturated carbocycles. The molecule has 3 rings (SSSR count). The Labute approximate surface area is 159 Å². The highest BCUT2D eigenvalue weighted by Gasteiger charge is 2.11. The Morgan fingerprint density at radius 3 is 2.58 bits per heavy atom. The molecular weight excluding hydrogens is 392 g/mol. The second-order valence-corrected chi connectivity index (χ2v) is 6.43. The van der Waals surface area contributed by atoms with Crippen molar-refractivity contribution in [2.45, 2.75) is 0 Å². The highest BCUT2D eigenvalue weighted by atomic mass is 79.9. The minimum absolute atomic E-state index is 0.0358. The van der Waals surface area contributed by atoms with Gasteiger partial charge in [-0.25, -0.2) is 0 Å². The SMILES string of the molecule is COc1ccc2cc(C=C(C#N)C(=O)Nc3ccccc3Br)ccc2c1. The number of hydrogen-bond donors (Lipinski definition) is 1. The number of carbonyl (C=O) groups is 1. The maximum Gasteiger partial charge on any atom is 0.266 e. The van der Waals surface area contributed by atoms with Crippen molar-refractivity contribution in [3.8, 4) is 11.8 Å². The topological polar surface area (TPSA) is 62.1 Å². The molecule has 0 heterocycles. The minimum Gasteiger partial charge on any atom is -0.497 e. The lowest BCUT2D eigenvalue weighted by Crippen LogP contribution is -2.13. The van der Waals surface area contributed by atoms with Crippen molar-refractivity contribution < 1.29 is 9.53 Å². The normalized spacial score (nSPS) is 11.0. The molecule has 0 saturated heterocycles. The Bertz CT molecular complexity index is 1050. The van der Waals surface area contributed by atoms with Crippen LogP contribution in [0.25, 0.3) is 16.8 Å². The average molecular weight is 407 g/mol. The quantitative estimate of drug-likeness (QED) is 0.480. The minimum atomic E-state index is -0.450. The van der Waals surface area contributed by atoms with Gasteiger partial charge in [-0.3, -0.25) is 4.79 Å². The van der Waals surface area contributed by atoms with Gasteiger partial charge in [-0.15, -0.1) is 0 Å². The zero-order valence-corrected chi connectivity index (χ0v) is 15.6. The van der Waals surface area contributed by atoms with Crippen LogP contribution in [0.4, 0.5) is 5.69 Å². The lowest BCUT2D eigenvalue weighted by Gasteiger charge is -2.07. The molecule has 4 nitrogen and oxygen atoms in total. The first-order valence-electron chi connectivity index (χ1n) is 7.86. The molecule has 0 aliphatic heterocycles. The molecule has 0 atom stereocenters. The van der Waals surface area contributed by atoms with E-state index in [1.165, 1.54) is 0 Å². The number of amides is 1. The Morgan fingerprint density at radius 2 is 1.85 bits per heavy atom. The van der Waals surface area contributed by atoms with Gasteiger partial charge >= 0.3 is 0 Å². The van der Waals surface area contributed by atoms with Gasteiger partial charge in [0.1, 0.15) is 17.4 Å². The summed E-state index contributed by atoms with van der Waals surface area (Å²) in [5, 5.41) is 14.1. The van der Waals surface area contributed by atoms with E-state index in [0.29, 0.717) is 5.69 Å². The number of nitrogens with zero attached hydrogens (tertiary/aromatic N) is 1. The van der Waals surface area contributed by atoms with E-state index in [0.717, 1.165) is 26.6 Å². The third-order valence-electron chi connectivity index (χ3n) is 3.87. The second kappa shape index (κ2) is 7.85. The number of benzene rings is 3. The molecule has 0 unspecified atom stereocenters. The lowest BCUT2D eigenvalue weighted by molar-refractivity contribution is -0.112. The summed E-state index contributed by atoms with van der Waals surface area (Å²) in [6.07, 6.45) is 1.58. The molecule has 0 aliphatic rings. The van der Waals surface area contributed by atoms with Gasteiger partial charge in [0.05, 0.1) is 12.8 Å². The molecule has 0 fully saturated rings. The standard InChI is InChI=1S/C21H15BrN2O2/c1-26-18-9-8-15-10-14(6-7-16(15)12-18)11-17(13-23)21(25)24-20-5-3-2-4-19(20)22/h2-12H,1H3,(H,24,25). The summed E-state index contributed by atoms with van der Waals surface area (Å²) in [5.74, 6) is 0.334. The summed E-state index contributed by atoms with van der Waals surface area (Å²) < 4.78 is 5.98. The fourth-order valence-corrected chi connectivity index (χ4v) is 2.91. The van der Waals surface area contributed by atoms with Gasteiger partial charge in [0.25, 0.3) is 5.91 Å². The predicted molar refractivity (Wildman–Crippen MR) is 107 cm³/mol. The second-order valence-electron chi connectivity index (χ2n) is 5.58. The van der Waals surface area contributed by atoms with Crippen LogP contribution in [0, 0.1) is 11.3 Å². The molecule has 0 aliphatic carbocycles. The summed E-state index contributed by atoms with van der Waals surface area (Å²) in [6.45, 7) is 0. The van der Waals surface area contributed by atoms with Crippen molar-refractivity contribution >= 4 is 44.4 Å². The molecule has 1 N–H and O–H groups in total. The van der Waals surface area contributed by atoms with Crippen molar-refractivity contribution in [2.24, 2.45) is 0 Å². The lowest BCUT2D eigenvalue weighted by atomic mass is 10.0. The summed E-state index contributed by atoms with van der Waals surface area (Å²) >= 11 is 3.37. The van der Waals surface area contributed by atoms with Crippen LogP contribution in [-0.2, 0) is 4.79 Å². The van der Waals surface area contributed by atoms with Crippen LogP contribution in [0.2, 0.25) is 0 Å². The van der Waals surface area contributed by atoms with Crippen molar-refractivity contribution in [2.75, 3.05) is 12.4 Å². The van der Waals surface area contributed by atoms with Crippen molar-refractivity contribution in [1.82, 2.24) is 0 Å². The molecule has 3 aromatic rings. The van der Waals surface area contributed by atoms with Gasteiger partial charge in [0.15, 0.2) is 0 Å². The number of nitrogens with one attached hydrogen (secondary N) is 1. The monoisotopic (exact) mass is 406 g/mol. The van der Waals surface area contributed by atoms with Crippen LogP contribution in [0.1, 0.15) is 5.56 Å². The number of fused-ring (bicyclic) bond motifs is 1. The van der Waals surface area contributed by atoms with Crippen LogP contribution in [0.3, 0.4) is 0 Å². The number of methoxy groups -OCH3 is 1. The molecule has 0 aromatic heterocycles. The number of hydrogen-bond acceptors (Lipinski definition) is 3. The Hall–Kier alpha value is -3.10. The molecule has 26 heavy (non-hydrogen) atoms. The first-order chi connectivity index (χ1) is 12.6. The smallest absolute Gasteiger partial charge is 0.266 e. The largest absolute Gasteiger partial charge is 0.497 e. The zero-order chi connectivity index (χ0) is 18.5. The average Bonchev–Trinajstić information content (AvgIpc) is 2.67. The molecule has 0 radical (unpaired) electrons. The molecule has 128 valence electrons. The van der Waals surface area contributed by atoms with Gasteiger partial charge in [-0.05, 0) is 68.7 Å². The van der Waals surface area contributed by atoms with Crippen molar-refractivity contribution in [3.05, 3.63) is 76.3 Å². The van der Waals surface area contributed by atoms with Gasteiger partial charge < -0.3 is 10.1 Å².